The zero-order valence-electron chi connectivity index (χ0n) is 10.0. The summed E-state index contributed by atoms with van der Waals surface area (Å²) in [5.41, 5.74) is 0.913. The maximum atomic E-state index is 4.66. The second kappa shape index (κ2) is 4.33. The van der Waals surface area contributed by atoms with Crippen LogP contribution in [0.4, 0.5) is 5.82 Å². The Hall–Kier alpha value is -1.62. The van der Waals surface area contributed by atoms with Crippen LogP contribution in [0, 0.1) is 0 Å². The van der Waals surface area contributed by atoms with Crippen LogP contribution in [0.2, 0.25) is 0 Å². The van der Waals surface area contributed by atoms with E-state index >= 15 is 0 Å². The molecule has 0 saturated carbocycles. The Balaban J connectivity index is 1.92. The lowest BCUT2D eigenvalue weighted by Gasteiger charge is -2.39. The van der Waals surface area contributed by atoms with Gasteiger partial charge in [-0.1, -0.05) is 6.92 Å². The summed E-state index contributed by atoms with van der Waals surface area (Å²) in [6.07, 6.45) is 4.90. The molecular weight excluding hydrogens is 214 g/mol. The van der Waals surface area contributed by atoms with Crippen molar-refractivity contribution >= 4 is 11.5 Å². The van der Waals surface area contributed by atoms with Gasteiger partial charge in [-0.3, -0.25) is 0 Å². The molecule has 17 heavy (non-hydrogen) atoms. The highest BCUT2D eigenvalue weighted by molar-refractivity contribution is 5.48. The smallest absolute Gasteiger partial charge is 0.157 e. The van der Waals surface area contributed by atoms with Gasteiger partial charge in [-0.2, -0.15) is 5.10 Å². The number of nitrogens with one attached hydrogen (secondary N) is 1. The van der Waals surface area contributed by atoms with Crippen LogP contribution in [0.15, 0.2) is 24.5 Å². The number of hydrogen-bond donors (Lipinski definition) is 1. The average molecular weight is 231 g/mol. The summed E-state index contributed by atoms with van der Waals surface area (Å²) in [5.74, 6) is 1.06. The second-order valence-corrected chi connectivity index (χ2v) is 4.43. The van der Waals surface area contributed by atoms with Gasteiger partial charge in [0.25, 0.3) is 0 Å². The Morgan fingerprint density at radius 3 is 3.06 bits per heavy atom. The lowest BCUT2D eigenvalue weighted by atomic mass is 10.1. The summed E-state index contributed by atoms with van der Waals surface area (Å²) in [5, 5.41) is 7.48. The van der Waals surface area contributed by atoms with Gasteiger partial charge >= 0.3 is 0 Å². The van der Waals surface area contributed by atoms with Crippen molar-refractivity contribution in [3.8, 4) is 0 Å². The molecule has 0 atom stereocenters. The predicted octanol–water partition coefficient (Wildman–Crippen LogP) is 0.917. The third-order valence-corrected chi connectivity index (χ3v) is 3.20. The van der Waals surface area contributed by atoms with Crippen molar-refractivity contribution in [2.45, 2.75) is 19.4 Å². The molecule has 0 aliphatic carbocycles. The highest BCUT2D eigenvalue weighted by atomic mass is 15.3. The van der Waals surface area contributed by atoms with Gasteiger partial charge in [0.1, 0.15) is 5.82 Å². The zero-order valence-corrected chi connectivity index (χ0v) is 10.0. The lowest BCUT2D eigenvalue weighted by molar-refractivity contribution is 0.410. The Morgan fingerprint density at radius 2 is 2.35 bits per heavy atom. The zero-order chi connectivity index (χ0) is 11.7. The first-order chi connectivity index (χ1) is 8.38. The van der Waals surface area contributed by atoms with Gasteiger partial charge in [0.15, 0.2) is 5.65 Å². The van der Waals surface area contributed by atoms with Crippen LogP contribution in [-0.4, -0.2) is 40.3 Å². The van der Waals surface area contributed by atoms with E-state index in [1.165, 1.54) is 0 Å². The molecule has 0 amide bonds. The third-order valence-electron chi connectivity index (χ3n) is 3.20. The van der Waals surface area contributed by atoms with Crippen molar-refractivity contribution in [2.75, 3.05) is 24.5 Å². The van der Waals surface area contributed by atoms with Crippen molar-refractivity contribution in [3.05, 3.63) is 24.5 Å². The second-order valence-electron chi connectivity index (χ2n) is 4.43. The molecule has 0 radical (unpaired) electrons. The summed E-state index contributed by atoms with van der Waals surface area (Å²) in [6, 6.07) is 4.58. The van der Waals surface area contributed by atoms with E-state index in [-0.39, 0.29) is 0 Å². The molecule has 1 N–H and O–H groups in total. The van der Waals surface area contributed by atoms with Crippen molar-refractivity contribution < 1.29 is 0 Å². The summed E-state index contributed by atoms with van der Waals surface area (Å²) in [7, 11) is 0. The third kappa shape index (κ3) is 1.86. The van der Waals surface area contributed by atoms with E-state index in [2.05, 4.69) is 27.2 Å². The molecule has 0 spiro atoms. The van der Waals surface area contributed by atoms with E-state index in [1.54, 1.807) is 10.7 Å². The summed E-state index contributed by atoms with van der Waals surface area (Å²) < 4.78 is 1.80. The number of fused-ring (bicyclic) bond motifs is 1. The summed E-state index contributed by atoms with van der Waals surface area (Å²) in [6.45, 7) is 5.39. The fourth-order valence-corrected chi connectivity index (χ4v) is 2.18. The average Bonchev–Trinajstić information content (AvgIpc) is 2.72. The van der Waals surface area contributed by atoms with E-state index in [0.717, 1.165) is 37.5 Å². The van der Waals surface area contributed by atoms with Crippen LogP contribution in [0.3, 0.4) is 0 Å². The van der Waals surface area contributed by atoms with Gasteiger partial charge in [-0.05, 0) is 12.5 Å². The van der Waals surface area contributed by atoms with Gasteiger partial charge in [0, 0.05) is 31.9 Å². The Kier molecular flexibility index (Phi) is 2.68. The minimum atomic E-state index is 0.591. The monoisotopic (exact) mass is 231 g/mol. The number of hydrogen-bond acceptors (Lipinski definition) is 4. The lowest BCUT2D eigenvalue weighted by Crippen LogP contribution is -2.57. The van der Waals surface area contributed by atoms with Crippen molar-refractivity contribution in [1.29, 1.82) is 0 Å². The van der Waals surface area contributed by atoms with Crippen LogP contribution >= 0.6 is 0 Å². The van der Waals surface area contributed by atoms with Gasteiger partial charge in [-0.25, -0.2) is 9.50 Å². The Bertz CT molecular complexity index is 502. The molecule has 1 saturated heterocycles. The Morgan fingerprint density at radius 1 is 1.47 bits per heavy atom. The first-order valence-electron chi connectivity index (χ1n) is 6.16. The van der Waals surface area contributed by atoms with Gasteiger partial charge in [-0.15, -0.1) is 0 Å². The molecule has 2 aromatic heterocycles. The first kappa shape index (κ1) is 10.5. The fraction of sp³-hybridized carbons (Fsp3) is 0.500. The number of anilines is 1. The molecule has 5 nitrogen and oxygen atoms in total. The van der Waals surface area contributed by atoms with E-state index in [0.29, 0.717) is 6.04 Å². The normalized spacial score (nSPS) is 16.1. The molecular formula is C12H17N5. The molecule has 0 bridgehead atoms. The highest BCUT2D eigenvalue weighted by Gasteiger charge is 2.25. The molecule has 0 unspecified atom stereocenters. The minimum Gasteiger partial charge on any atom is -0.351 e. The standard InChI is InChI=1S/C12H17N5/c1-2-6-16(10-8-13-9-10)11-4-7-17-12(15-11)3-5-14-17/h3-5,7,10,13H,2,6,8-9H2,1H3. The van der Waals surface area contributed by atoms with Crippen LogP contribution < -0.4 is 10.2 Å². The highest BCUT2D eigenvalue weighted by Crippen LogP contribution is 2.17. The quantitative estimate of drug-likeness (QED) is 0.850. The largest absolute Gasteiger partial charge is 0.351 e. The molecule has 3 heterocycles. The molecule has 1 aliphatic heterocycles. The van der Waals surface area contributed by atoms with Gasteiger partial charge in [0.05, 0.1) is 12.2 Å². The van der Waals surface area contributed by atoms with E-state index in [1.807, 2.05) is 18.3 Å². The van der Waals surface area contributed by atoms with Gasteiger partial charge in [0.2, 0.25) is 0 Å². The SMILES string of the molecule is CCCN(c1ccn2nccc2n1)C1CNC1. The predicted molar refractivity (Wildman–Crippen MR) is 67.3 cm³/mol. The van der Waals surface area contributed by atoms with Crippen molar-refractivity contribution in [2.24, 2.45) is 0 Å². The topological polar surface area (TPSA) is 45.5 Å². The molecule has 5 heteroatoms. The maximum absolute atomic E-state index is 4.66. The summed E-state index contributed by atoms with van der Waals surface area (Å²) in [4.78, 5) is 7.05. The molecule has 3 rings (SSSR count). The van der Waals surface area contributed by atoms with Crippen LogP contribution in [0.1, 0.15) is 13.3 Å². The van der Waals surface area contributed by atoms with E-state index < -0.39 is 0 Å². The Labute approximate surface area is 100 Å². The minimum absolute atomic E-state index is 0.591. The van der Waals surface area contributed by atoms with Gasteiger partial charge < -0.3 is 10.2 Å². The molecule has 1 aliphatic rings. The van der Waals surface area contributed by atoms with E-state index in [9.17, 15) is 0 Å². The molecule has 1 fully saturated rings. The van der Waals surface area contributed by atoms with E-state index in [4.69, 9.17) is 0 Å². The fourth-order valence-electron chi connectivity index (χ4n) is 2.18. The maximum Gasteiger partial charge on any atom is 0.157 e. The molecule has 90 valence electrons. The number of aromatic nitrogens is 3. The number of rotatable bonds is 4. The van der Waals surface area contributed by atoms with Crippen molar-refractivity contribution in [3.63, 3.8) is 0 Å². The number of nitrogens with zero attached hydrogens (tertiary/aromatic N) is 4. The van der Waals surface area contributed by atoms with Crippen LogP contribution in [0.25, 0.3) is 5.65 Å². The molecule has 0 aromatic carbocycles. The first-order valence-corrected chi connectivity index (χ1v) is 6.16. The van der Waals surface area contributed by atoms with Crippen LogP contribution in [0.5, 0.6) is 0 Å². The van der Waals surface area contributed by atoms with Crippen molar-refractivity contribution in [1.82, 2.24) is 19.9 Å². The van der Waals surface area contributed by atoms with Crippen LogP contribution in [-0.2, 0) is 0 Å². The molecule has 2 aromatic rings. The summed E-state index contributed by atoms with van der Waals surface area (Å²) >= 11 is 0.